The summed E-state index contributed by atoms with van der Waals surface area (Å²) in [5.74, 6) is 0.426. The number of amides is 1. The quantitative estimate of drug-likeness (QED) is 0.800. The van der Waals surface area contributed by atoms with Crippen molar-refractivity contribution in [3.8, 4) is 0 Å². The van der Waals surface area contributed by atoms with Gasteiger partial charge in [-0.1, -0.05) is 13.8 Å². The Labute approximate surface area is 104 Å². The first kappa shape index (κ1) is 12.8. The van der Waals surface area contributed by atoms with Crippen molar-refractivity contribution in [2.45, 2.75) is 45.2 Å². The SMILES string of the molecule is CC(C)C(=O)N1CCC(NC2CCOC2)CC1. The Bertz CT molecular complexity index is 254. The zero-order chi connectivity index (χ0) is 12.3. The molecule has 1 amide bonds. The van der Waals surface area contributed by atoms with Crippen molar-refractivity contribution in [2.75, 3.05) is 26.3 Å². The fourth-order valence-electron chi connectivity index (χ4n) is 2.63. The first-order valence-electron chi connectivity index (χ1n) is 6.79. The summed E-state index contributed by atoms with van der Waals surface area (Å²) in [6.07, 6.45) is 3.29. The van der Waals surface area contributed by atoms with Crippen LogP contribution in [0.1, 0.15) is 33.1 Å². The van der Waals surface area contributed by atoms with E-state index < -0.39 is 0 Å². The van der Waals surface area contributed by atoms with Gasteiger partial charge in [0.05, 0.1) is 6.61 Å². The monoisotopic (exact) mass is 240 g/mol. The van der Waals surface area contributed by atoms with Crippen molar-refractivity contribution < 1.29 is 9.53 Å². The Morgan fingerprint density at radius 3 is 2.47 bits per heavy atom. The lowest BCUT2D eigenvalue weighted by atomic mass is 10.0. The molecule has 2 aliphatic heterocycles. The topological polar surface area (TPSA) is 41.6 Å². The minimum atomic E-state index is 0.128. The number of carbonyl (C=O) groups excluding carboxylic acids is 1. The first-order chi connectivity index (χ1) is 8.16. The Morgan fingerprint density at radius 1 is 1.24 bits per heavy atom. The molecule has 2 heterocycles. The fourth-order valence-corrected chi connectivity index (χ4v) is 2.63. The van der Waals surface area contributed by atoms with Crippen molar-refractivity contribution in [3.05, 3.63) is 0 Å². The standard InChI is InChI=1S/C13H24N2O2/c1-10(2)13(16)15-6-3-11(4-7-15)14-12-5-8-17-9-12/h10-12,14H,3-9H2,1-2H3. The summed E-state index contributed by atoms with van der Waals surface area (Å²) in [5.41, 5.74) is 0. The number of carbonyl (C=O) groups is 1. The number of hydrogen-bond donors (Lipinski definition) is 1. The van der Waals surface area contributed by atoms with Crippen LogP contribution in [0, 0.1) is 5.92 Å². The van der Waals surface area contributed by atoms with Crippen LogP contribution in [0.25, 0.3) is 0 Å². The summed E-state index contributed by atoms with van der Waals surface area (Å²) in [6.45, 7) is 7.50. The van der Waals surface area contributed by atoms with E-state index >= 15 is 0 Å². The van der Waals surface area contributed by atoms with Crippen LogP contribution in [0.3, 0.4) is 0 Å². The predicted octanol–water partition coefficient (Wildman–Crippen LogP) is 1.01. The third-order valence-electron chi connectivity index (χ3n) is 3.70. The molecule has 98 valence electrons. The van der Waals surface area contributed by atoms with E-state index in [1.54, 1.807) is 0 Å². The maximum Gasteiger partial charge on any atom is 0.225 e. The summed E-state index contributed by atoms with van der Waals surface area (Å²) < 4.78 is 5.36. The van der Waals surface area contributed by atoms with Gasteiger partial charge in [0.1, 0.15) is 0 Å². The zero-order valence-corrected chi connectivity index (χ0v) is 10.9. The van der Waals surface area contributed by atoms with Crippen molar-refractivity contribution >= 4 is 5.91 Å². The molecule has 1 N–H and O–H groups in total. The molecule has 0 bridgehead atoms. The molecule has 2 rings (SSSR count). The van der Waals surface area contributed by atoms with E-state index in [-0.39, 0.29) is 5.92 Å². The average Bonchev–Trinajstić information content (AvgIpc) is 2.82. The van der Waals surface area contributed by atoms with Gasteiger partial charge >= 0.3 is 0 Å². The lowest BCUT2D eigenvalue weighted by molar-refractivity contribution is -0.135. The van der Waals surface area contributed by atoms with E-state index in [4.69, 9.17) is 4.74 Å². The van der Waals surface area contributed by atoms with Crippen LogP contribution in [-0.4, -0.2) is 49.2 Å². The molecule has 17 heavy (non-hydrogen) atoms. The van der Waals surface area contributed by atoms with Crippen LogP contribution >= 0.6 is 0 Å². The average molecular weight is 240 g/mol. The van der Waals surface area contributed by atoms with Gasteiger partial charge in [0.2, 0.25) is 5.91 Å². The van der Waals surface area contributed by atoms with Crippen LogP contribution in [0.4, 0.5) is 0 Å². The third-order valence-corrected chi connectivity index (χ3v) is 3.70. The minimum Gasteiger partial charge on any atom is -0.380 e. The van der Waals surface area contributed by atoms with Gasteiger partial charge in [-0.05, 0) is 19.3 Å². The van der Waals surface area contributed by atoms with Gasteiger partial charge in [0.15, 0.2) is 0 Å². The second-order valence-corrected chi connectivity index (χ2v) is 5.48. The maximum atomic E-state index is 11.8. The summed E-state index contributed by atoms with van der Waals surface area (Å²) in [6, 6.07) is 1.10. The smallest absolute Gasteiger partial charge is 0.225 e. The molecule has 0 aromatic heterocycles. The van der Waals surface area contributed by atoms with E-state index in [9.17, 15) is 4.79 Å². The van der Waals surface area contributed by atoms with E-state index in [1.807, 2.05) is 18.7 Å². The molecule has 4 heteroatoms. The Morgan fingerprint density at radius 2 is 1.94 bits per heavy atom. The molecule has 0 radical (unpaired) electrons. The number of hydrogen-bond acceptors (Lipinski definition) is 3. The van der Waals surface area contributed by atoms with Crippen molar-refractivity contribution in [2.24, 2.45) is 5.92 Å². The molecular weight excluding hydrogens is 216 g/mol. The highest BCUT2D eigenvalue weighted by atomic mass is 16.5. The molecule has 0 aromatic carbocycles. The molecule has 1 unspecified atom stereocenters. The lowest BCUT2D eigenvalue weighted by Gasteiger charge is -2.34. The Hall–Kier alpha value is -0.610. The van der Waals surface area contributed by atoms with Crippen LogP contribution in [0.5, 0.6) is 0 Å². The Balaban J connectivity index is 1.72. The third kappa shape index (κ3) is 3.42. The number of ether oxygens (including phenoxy) is 1. The number of likely N-dealkylation sites (tertiary alicyclic amines) is 1. The molecular formula is C13H24N2O2. The normalized spacial score (nSPS) is 26.8. The number of piperidine rings is 1. The molecule has 0 saturated carbocycles. The molecule has 2 saturated heterocycles. The van der Waals surface area contributed by atoms with Gasteiger partial charge in [0.25, 0.3) is 0 Å². The first-order valence-corrected chi connectivity index (χ1v) is 6.79. The van der Waals surface area contributed by atoms with Gasteiger partial charge in [-0.2, -0.15) is 0 Å². The van der Waals surface area contributed by atoms with Crippen LogP contribution < -0.4 is 5.32 Å². The highest BCUT2D eigenvalue weighted by Gasteiger charge is 2.26. The summed E-state index contributed by atoms with van der Waals surface area (Å²) in [4.78, 5) is 13.8. The van der Waals surface area contributed by atoms with Gasteiger partial charge in [0, 0.05) is 37.7 Å². The highest BCUT2D eigenvalue weighted by molar-refractivity contribution is 5.78. The zero-order valence-electron chi connectivity index (χ0n) is 10.9. The van der Waals surface area contributed by atoms with Crippen molar-refractivity contribution in [1.29, 1.82) is 0 Å². The van der Waals surface area contributed by atoms with Gasteiger partial charge in [-0.3, -0.25) is 4.79 Å². The molecule has 2 fully saturated rings. The number of nitrogens with zero attached hydrogens (tertiary/aromatic N) is 1. The van der Waals surface area contributed by atoms with Crippen molar-refractivity contribution in [3.63, 3.8) is 0 Å². The molecule has 0 aromatic rings. The molecule has 4 nitrogen and oxygen atoms in total. The van der Waals surface area contributed by atoms with E-state index in [0.717, 1.165) is 45.6 Å². The number of nitrogens with one attached hydrogen (secondary N) is 1. The highest BCUT2D eigenvalue weighted by Crippen LogP contribution is 2.15. The minimum absolute atomic E-state index is 0.128. The molecule has 0 aliphatic carbocycles. The number of rotatable bonds is 3. The van der Waals surface area contributed by atoms with Crippen molar-refractivity contribution in [1.82, 2.24) is 10.2 Å². The van der Waals surface area contributed by atoms with E-state index in [1.165, 1.54) is 0 Å². The lowest BCUT2D eigenvalue weighted by Crippen LogP contribution is -2.48. The van der Waals surface area contributed by atoms with Crippen LogP contribution in [-0.2, 0) is 9.53 Å². The van der Waals surface area contributed by atoms with Gasteiger partial charge < -0.3 is 15.0 Å². The molecule has 0 spiro atoms. The fraction of sp³-hybridized carbons (Fsp3) is 0.923. The maximum absolute atomic E-state index is 11.8. The van der Waals surface area contributed by atoms with Gasteiger partial charge in [-0.15, -0.1) is 0 Å². The van der Waals surface area contributed by atoms with Crippen LogP contribution in [0.15, 0.2) is 0 Å². The molecule has 1 atom stereocenters. The van der Waals surface area contributed by atoms with Gasteiger partial charge in [-0.25, -0.2) is 0 Å². The predicted molar refractivity (Wildman–Crippen MR) is 66.8 cm³/mol. The summed E-state index contributed by atoms with van der Waals surface area (Å²) in [5, 5.41) is 3.64. The molecule has 2 aliphatic rings. The largest absolute Gasteiger partial charge is 0.380 e. The van der Waals surface area contributed by atoms with Crippen LogP contribution in [0.2, 0.25) is 0 Å². The van der Waals surface area contributed by atoms with E-state index in [2.05, 4.69) is 5.32 Å². The van der Waals surface area contributed by atoms with E-state index in [0.29, 0.717) is 18.0 Å². The summed E-state index contributed by atoms with van der Waals surface area (Å²) >= 11 is 0. The second-order valence-electron chi connectivity index (χ2n) is 5.48. The second kappa shape index (κ2) is 5.83. The summed E-state index contributed by atoms with van der Waals surface area (Å²) in [7, 11) is 0. The Kier molecular flexibility index (Phi) is 4.40.